The van der Waals surface area contributed by atoms with E-state index in [0.29, 0.717) is 18.8 Å². The number of rotatable bonds is 7. The average Bonchev–Trinajstić information content (AvgIpc) is 2.59. The van der Waals surface area contributed by atoms with Crippen molar-refractivity contribution in [3.05, 3.63) is 70.3 Å². The normalized spacial score (nSPS) is 11.4. The molecule has 0 fully saturated rings. The van der Waals surface area contributed by atoms with Crippen molar-refractivity contribution in [2.75, 3.05) is 18.4 Å². The van der Waals surface area contributed by atoms with Crippen molar-refractivity contribution in [2.45, 2.75) is 13.0 Å². The molecule has 0 aromatic heterocycles. The van der Waals surface area contributed by atoms with Gasteiger partial charge in [-0.05, 0) is 18.6 Å². The minimum atomic E-state index is -0.440. The Hall–Kier alpha value is -3.09. The van der Waals surface area contributed by atoms with Gasteiger partial charge >= 0.3 is 6.03 Å². The van der Waals surface area contributed by atoms with Crippen LogP contribution in [0, 0.1) is 10.1 Å². The van der Waals surface area contributed by atoms with Gasteiger partial charge in [-0.15, -0.1) is 0 Å². The van der Waals surface area contributed by atoms with Crippen LogP contribution < -0.4 is 16.0 Å². The number of nitro groups is 1. The number of urea groups is 1. The quantitative estimate of drug-likeness (QED) is 0.413. The molecule has 2 aromatic rings. The number of nitro benzene ring substituents is 1. The van der Waals surface area contributed by atoms with Crippen LogP contribution in [0.2, 0.25) is 0 Å². The van der Waals surface area contributed by atoms with Gasteiger partial charge in [0.25, 0.3) is 5.69 Å². The zero-order valence-corrected chi connectivity index (χ0v) is 13.4. The smallest absolute Gasteiger partial charge is 0.315 e. The van der Waals surface area contributed by atoms with Gasteiger partial charge in [0.1, 0.15) is 5.69 Å². The fourth-order valence-corrected chi connectivity index (χ4v) is 2.23. The van der Waals surface area contributed by atoms with Gasteiger partial charge < -0.3 is 16.0 Å². The Morgan fingerprint density at radius 2 is 1.75 bits per heavy atom. The van der Waals surface area contributed by atoms with Crippen LogP contribution in [-0.4, -0.2) is 24.0 Å². The number of nitrogens with one attached hydrogen (secondary N) is 3. The molecule has 0 saturated heterocycles. The lowest BCUT2D eigenvalue weighted by molar-refractivity contribution is -0.384. The van der Waals surface area contributed by atoms with E-state index in [0.717, 1.165) is 5.56 Å². The number of hydrogen-bond donors (Lipinski definition) is 3. The standard InChI is InChI=1S/C17H20N4O3/c1-13(14-7-3-2-4-8-14)20-17(22)19-12-11-18-15-9-5-6-10-16(15)21(23)24/h2-10,13,18H,11-12H2,1H3,(H2,19,20,22). The highest BCUT2D eigenvalue weighted by molar-refractivity contribution is 5.74. The second-order valence-corrected chi connectivity index (χ2v) is 5.23. The maximum absolute atomic E-state index is 11.9. The lowest BCUT2D eigenvalue weighted by Crippen LogP contribution is -2.39. The molecule has 0 aliphatic rings. The van der Waals surface area contributed by atoms with Crippen LogP contribution in [0.15, 0.2) is 54.6 Å². The molecule has 0 heterocycles. The highest BCUT2D eigenvalue weighted by atomic mass is 16.6. The van der Waals surface area contributed by atoms with Crippen LogP contribution in [0.1, 0.15) is 18.5 Å². The molecule has 0 aliphatic carbocycles. The summed E-state index contributed by atoms with van der Waals surface area (Å²) in [6.45, 7) is 2.64. The first-order valence-corrected chi connectivity index (χ1v) is 7.64. The molecule has 1 atom stereocenters. The summed E-state index contributed by atoms with van der Waals surface area (Å²) in [5.74, 6) is 0. The van der Waals surface area contributed by atoms with E-state index in [4.69, 9.17) is 0 Å². The van der Waals surface area contributed by atoms with E-state index in [1.54, 1.807) is 18.2 Å². The molecule has 7 nitrogen and oxygen atoms in total. The Balaban J connectivity index is 1.74. The number of para-hydroxylation sites is 2. The number of carbonyl (C=O) groups is 1. The molecule has 1 unspecified atom stereocenters. The predicted octanol–water partition coefficient (Wildman–Crippen LogP) is 3.07. The van der Waals surface area contributed by atoms with E-state index < -0.39 is 4.92 Å². The van der Waals surface area contributed by atoms with Crippen molar-refractivity contribution in [1.82, 2.24) is 10.6 Å². The summed E-state index contributed by atoms with van der Waals surface area (Å²) in [7, 11) is 0. The molecule has 126 valence electrons. The van der Waals surface area contributed by atoms with E-state index in [1.165, 1.54) is 6.07 Å². The van der Waals surface area contributed by atoms with Gasteiger partial charge in [-0.2, -0.15) is 0 Å². The third-order valence-electron chi connectivity index (χ3n) is 3.47. The van der Waals surface area contributed by atoms with Crippen molar-refractivity contribution in [1.29, 1.82) is 0 Å². The first-order chi connectivity index (χ1) is 11.6. The Kier molecular flexibility index (Phi) is 6.13. The Morgan fingerprint density at radius 1 is 1.08 bits per heavy atom. The zero-order chi connectivity index (χ0) is 17.4. The summed E-state index contributed by atoms with van der Waals surface area (Å²) in [5.41, 5.74) is 1.47. The molecule has 2 aromatic carbocycles. The maximum Gasteiger partial charge on any atom is 0.315 e. The van der Waals surface area contributed by atoms with Gasteiger partial charge in [0.2, 0.25) is 0 Å². The molecule has 0 spiro atoms. The minimum Gasteiger partial charge on any atom is -0.378 e. The molecule has 7 heteroatoms. The fraction of sp³-hybridized carbons (Fsp3) is 0.235. The Labute approximate surface area is 140 Å². The topological polar surface area (TPSA) is 96.3 Å². The van der Waals surface area contributed by atoms with Gasteiger partial charge in [-0.3, -0.25) is 10.1 Å². The molecule has 24 heavy (non-hydrogen) atoms. The second-order valence-electron chi connectivity index (χ2n) is 5.23. The summed E-state index contributed by atoms with van der Waals surface area (Å²) in [4.78, 5) is 22.3. The van der Waals surface area contributed by atoms with E-state index in [1.807, 2.05) is 37.3 Å². The van der Waals surface area contributed by atoms with Gasteiger partial charge in [0, 0.05) is 19.2 Å². The third kappa shape index (κ3) is 4.98. The predicted molar refractivity (Wildman–Crippen MR) is 93.0 cm³/mol. The molecule has 0 bridgehead atoms. The zero-order valence-electron chi connectivity index (χ0n) is 13.4. The summed E-state index contributed by atoms with van der Waals surface area (Å²) in [6, 6.07) is 15.7. The summed E-state index contributed by atoms with van der Waals surface area (Å²) in [6.07, 6.45) is 0. The van der Waals surface area contributed by atoms with Crippen molar-refractivity contribution in [2.24, 2.45) is 0 Å². The molecule has 3 N–H and O–H groups in total. The SMILES string of the molecule is CC(NC(=O)NCCNc1ccccc1[N+](=O)[O-])c1ccccc1. The van der Waals surface area contributed by atoms with Crippen molar-refractivity contribution < 1.29 is 9.72 Å². The van der Waals surface area contributed by atoms with Gasteiger partial charge in [0.15, 0.2) is 0 Å². The van der Waals surface area contributed by atoms with Crippen molar-refractivity contribution in [3.8, 4) is 0 Å². The molecule has 0 aliphatic heterocycles. The van der Waals surface area contributed by atoms with E-state index in [-0.39, 0.29) is 17.8 Å². The lowest BCUT2D eigenvalue weighted by atomic mass is 10.1. The summed E-state index contributed by atoms with van der Waals surface area (Å²) < 4.78 is 0. The summed E-state index contributed by atoms with van der Waals surface area (Å²) >= 11 is 0. The summed E-state index contributed by atoms with van der Waals surface area (Å²) in [5, 5.41) is 19.4. The number of carbonyl (C=O) groups excluding carboxylic acids is 1. The number of hydrogen-bond acceptors (Lipinski definition) is 4. The van der Waals surface area contributed by atoms with Gasteiger partial charge in [0.05, 0.1) is 11.0 Å². The molecule has 0 radical (unpaired) electrons. The molecule has 2 amide bonds. The Morgan fingerprint density at radius 3 is 2.46 bits per heavy atom. The van der Waals surface area contributed by atoms with E-state index in [2.05, 4.69) is 16.0 Å². The molecular weight excluding hydrogens is 308 g/mol. The molecule has 2 rings (SSSR count). The first-order valence-electron chi connectivity index (χ1n) is 7.64. The highest BCUT2D eigenvalue weighted by Crippen LogP contribution is 2.22. The largest absolute Gasteiger partial charge is 0.378 e. The van der Waals surface area contributed by atoms with Crippen LogP contribution in [0.25, 0.3) is 0 Å². The number of anilines is 1. The molecular formula is C17H20N4O3. The van der Waals surface area contributed by atoms with Gasteiger partial charge in [-0.1, -0.05) is 42.5 Å². The van der Waals surface area contributed by atoms with Crippen LogP contribution >= 0.6 is 0 Å². The lowest BCUT2D eigenvalue weighted by Gasteiger charge is -2.15. The van der Waals surface area contributed by atoms with Crippen molar-refractivity contribution >= 4 is 17.4 Å². The maximum atomic E-state index is 11.9. The van der Waals surface area contributed by atoms with Crippen LogP contribution in [0.3, 0.4) is 0 Å². The van der Waals surface area contributed by atoms with Crippen LogP contribution in [0.4, 0.5) is 16.2 Å². The second kappa shape index (κ2) is 8.52. The Bertz CT molecular complexity index is 691. The van der Waals surface area contributed by atoms with E-state index >= 15 is 0 Å². The van der Waals surface area contributed by atoms with Crippen molar-refractivity contribution in [3.63, 3.8) is 0 Å². The fourth-order valence-electron chi connectivity index (χ4n) is 2.23. The number of nitrogens with zero attached hydrogens (tertiary/aromatic N) is 1. The third-order valence-corrected chi connectivity index (χ3v) is 3.47. The van der Waals surface area contributed by atoms with Crippen LogP contribution in [0.5, 0.6) is 0 Å². The molecule has 0 saturated carbocycles. The number of amides is 2. The van der Waals surface area contributed by atoms with Gasteiger partial charge in [-0.25, -0.2) is 4.79 Å². The average molecular weight is 328 g/mol. The minimum absolute atomic E-state index is 0.0136. The van der Waals surface area contributed by atoms with E-state index in [9.17, 15) is 14.9 Å². The monoisotopic (exact) mass is 328 g/mol. The number of benzene rings is 2. The highest BCUT2D eigenvalue weighted by Gasteiger charge is 2.12. The first kappa shape index (κ1) is 17.3. The van der Waals surface area contributed by atoms with Crippen LogP contribution in [-0.2, 0) is 0 Å².